The molecule has 1 heterocycles. The van der Waals surface area contributed by atoms with Crippen LogP contribution >= 0.6 is 0 Å². The molecule has 0 aliphatic carbocycles. The number of aromatic nitrogens is 1. The van der Waals surface area contributed by atoms with Crippen LogP contribution in [0.4, 0.5) is 4.39 Å². The molecular weight excluding hydrogens is 221 g/mol. The van der Waals surface area contributed by atoms with E-state index in [1.165, 1.54) is 18.3 Å². The summed E-state index contributed by atoms with van der Waals surface area (Å²) >= 11 is 0. The van der Waals surface area contributed by atoms with Crippen LogP contribution in [0.2, 0.25) is 0 Å². The lowest BCUT2D eigenvalue weighted by molar-refractivity contribution is 0.00478. The predicted molar refractivity (Wildman–Crippen MR) is 60.9 cm³/mol. The maximum Gasteiger partial charge on any atom is 0.213 e. The summed E-state index contributed by atoms with van der Waals surface area (Å²) in [4.78, 5) is 3.47. The van der Waals surface area contributed by atoms with Crippen LogP contribution in [0, 0.1) is 5.95 Å². The first kappa shape index (κ1) is 11.5. The van der Waals surface area contributed by atoms with Gasteiger partial charge in [0.15, 0.2) is 6.79 Å². The summed E-state index contributed by atoms with van der Waals surface area (Å²) in [6, 6.07) is 12.5. The van der Waals surface area contributed by atoms with Gasteiger partial charge in [-0.15, -0.1) is 0 Å². The van der Waals surface area contributed by atoms with Gasteiger partial charge >= 0.3 is 0 Å². The third-order valence-corrected chi connectivity index (χ3v) is 2.12. The Bertz CT molecular complexity index is 445. The average Bonchev–Trinajstić information content (AvgIpc) is 2.38. The SMILES string of the molecule is Fc1ccc(OCOCc2ccccc2)cn1. The first-order valence-electron chi connectivity index (χ1n) is 5.20. The molecule has 0 atom stereocenters. The summed E-state index contributed by atoms with van der Waals surface area (Å²) in [5.74, 6) is -0.0398. The highest BCUT2D eigenvalue weighted by Gasteiger charge is 1.96. The topological polar surface area (TPSA) is 31.4 Å². The molecular formula is C13H12FNO2. The summed E-state index contributed by atoms with van der Waals surface area (Å²) in [5, 5.41) is 0. The molecule has 0 aliphatic rings. The molecule has 4 heteroatoms. The van der Waals surface area contributed by atoms with Gasteiger partial charge in [0.25, 0.3) is 0 Å². The van der Waals surface area contributed by atoms with Crippen LogP contribution in [0.3, 0.4) is 0 Å². The number of hydrogen-bond acceptors (Lipinski definition) is 3. The summed E-state index contributed by atoms with van der Waals surface area (Å²) in [5.41, 5.74) is 1.08. The fraction of sp³-hybridized carbons (Fsp3) is 0.154. The molecule has 0 saturated carbocycles. The van der Waals surface area contributed by atoms with Crippen molar-refractivity contribution < 1.29 is 13.9 Å². The molecule has 3 nitrogen and oxygen atoms in total. The van der Waals surface area contributed by atoms with Crippen molar-refractivity contribution in [3.8, 4) is 5.75 Å². The second-order valence-corrected chi connectivity index (χ2v) is 3.41. The van der Waals surface area contributed by atoms with Gasteiger partial charge < -0.3 is 9.47 Å². The van der Waals surface area contributed by atoms with Crippen molar-refractivity contribution in [2.24, 2.45) is 0 Å². The Morgan fingerprint density at radius 3 is 2.59 bits per heavy atom. The quantitative estimate of drug-likeness (QED) is 0.452. The van der Waals surface area contributed by atoms with E-state index in [1.54, 1.807) is 0 Å². The Balaban J connectivity index is 1.71. The lowest BCUT2D eigenvalue weighted by Crippen LogP contribution is -2.03. The summed E-state index contributed by atoms with van der Waals surface area (Å²) < 4.78 is 23.0. The Morgan fingerprint density at radius 2 is 1.88 bits per heavy atom. The molecule has 0 bridgehead atoms. The minimum absolute atomic E-state index is 0.113. The van der Waals surface area contributed by atoms with Gasteiger partial charge in [-0.1, -0.05) is 30.3 Å². The number of hydrogen-bond donors (Lipinski definition) is 0. The van der Waals surface area contributed by atoms with E-state index in [0.717, 1.165) is 5.56 Å². The van der Waals surface area contributed by atoms with Crippen molar-refractivity contribution >= 4 is 0 Å². The van der Waals surface area contributed by atoms with E-state index in [-0.39, 0.29) is 6.79 Å². The van der Waals surface area contributed by atoms with Gasteiger partial charge in [0.1, 0.15) is 5.75 Å². The highest BCUT2D eigenvalue weighted by molar-refractivity contribution is 5.16. The van der Waals surface area contributed by atoms with Crippen LogP contribution in [0.25, 0.3) is 0 Å². The molecule has 1 aromatic heterocycles. The van der Waals surface area contributed by atoms with Gasteiger partial charge in [-0.3, -0.25) is 0 Å². The molecule has 1 aromatic carbocycles. The molecule has 0 unspecified atom stereocenters. The minimum atomic E-state index is -0.525. The Labute approximate surface area is 98.8 Å². The second-order valence-electron chi connectivity index (χ2n) is 3.41. The summed E-state index contributed by atoms with van der Waals surface area (Å²) in [6.45, 7) is 0.595. The predicted octanol–water partition coefficient (Wildman–Crippen LogP) is 2.77. The molecule has 0 amide bonds. The van der Waals surface area contributed by atoms with E-state index < -0.39 is 5.95 Å². The Morgan fingerprint density at radius 1 is 1.06 bits per heavy atom. The highest BCUT2D eigenvalue weighted by Crippen LogP contribution is 2.08. The van der Waals surface area contributed by atoms with E-state index in [0.29, 0.717) is 12.4 Å². The number of benzene rings is 1. The molecule has 17 heavy (non-hydrogen) atoms. The molecule has 0 spiro atoms. The van der Waals surface area contributed by atoms with E-state index in [1.807, 2.05) is 30.3 Å². The van der Waals surface area contributed by atoms with Crippen molar-refractivity contribution in [3.63, 3.8) is 0 Å². The van der Waals surface area contributed by atoms with Gasteiger partial charge in [-0.25, -0.2) is 4.98 Å². The number of ether oxygens (including phenoxy) is 2. The molecule has 0 aliphatic heterocycles. The zero-order chi connectivity index (χ0) is 11.9. The molecule has 2 rings (SSSR count). The van der Waals surface area contributed by atoms with Crippen LogP contribution < -0.4 is 4.74 Å². The number of nitrogens with zero attached hydrogens (tertiary/aromatic N) is 1. The zero-order valence-electron chi connectivity index (χ0n) is 9.17. The van der Waals surface area contributed by atoms with Gasteiger partial charge in [0.2, 0.25) is 5.95 Å². The maximum absolute atomic E-state index is 12.5. The van der Waals surface area contributed by atoms with Crippen LogP contribution in [0.5, 0.6) is 5.75 Å². The first-order chi connectivity index (χ1) is 8.34. The molecule has 2 aromatic rings. The van der Waals surface area contributed by atoms with Crippen molar-refractivity contribution in [1.29, 1.82) is 0 Å². The highest BCUT2D eigenvalue weighted by atomic mass is 19.1. The van der Waals surface area contributed by atoms with Gasteiger partial charge in [-0.05, 0) is 17.7 Å². The zero-order valence-corrected chi connectivity index (χ0v) is 9.17. The largest absolute Gasteiger partial charge is 0.466 e. The molecule has 88 valence electrons. The number of halogens is 1. The van der Waals surface area contributed by atoms with Crippen molar-refractivity contribution in [1.82, 2.24) is 4.98 Å². The Hall–Kier alpha value is -1.94. The van der Waals surface area contributed by atoms with E-state index in [2.05, 4.69) is 4.98 Å². The van der Waals surface area contributed by atoms with Crippen molar-refractivity contribution in [2.45, 2.75) is 6.61 Å². The summed E-state index contributed by atoms with van der Waals surface area (Å²) in [6.07, 6.45) is 1.32. The third kappa shape index (κ3) is 3.85. The smallest absolute Gasteiger partial charge is 0.213 e. The van der Waals surface area contributed by atoms with Crippen molar-refractivity contribution in [2.75, 3.05) is 6.79 Å². The number of pyridine rings is 1. The van der Waals surface area contributed by atoms with Crippen LogP contribution in [0.15, 0.2) is 48.7 Å². The minimum Gasteiger partial charge on any atom is -0.466 e. The van der Waals surface area contributed by atoms with Crippen LogP contribution in [-0.4, -0.2) is 11.8 Å². The normalized spacial score (nSPS) is 10.2. The maximum atomic E-state index is 12.5. The number of rotatable bonds is 5. The molecule has 0 radical (unpaired) electrons. The summed E-state index contributed by atoms with van der Waals surface area (Å²) in [7, 11) is 0. The van der Waals surface area contributed by atoms with E-state index in [9.17, 15) is 4.39 Å². The fourth-order valence-corrected chi connectivity index (χ4v) is 1.29. The van der Waals surface area contributed by atoms with Gasteiger partial charge in [-0.2, -0.15) is 4.39 Å². The van der Waals surface area contributed by atoms with Gasteiger partial charge in [0, 0.05) is 0 Å². The fourth-order valence-electron chi connectivity index (χ4n) is 1.29. The van der Waals surface area contributed by atoms with Crippen LogP contribution in [-0.2, 0) is 11.3 Å². The van der Waals surface area contributed by atoms with Crippen LogP contribution in [0.1, 0.15) is 5.56 Å². The standard InChI is InChI=1S/C13H12FNO2/c14-13-7-6-12(8-15-13)17-10-16-9-11-4-2-1-3-5-11/h1-8H,9-10H2. The molecule has 0 saturated heterocycles. The Kier molecular flexibility index (Phi) is 4.05. The lowest BCUT2D eigenvalue weighted by atomic mass is 10.2. The lowest BCUT2D eigenvalue weighted by Gasteiger charge is -2.06. The first-order valence-corrected chi connectivity index (χ1v) is 5.20. The molecule has 0 fully saturated rings. The van der Waals surface area contributed by atoms with Gasteiger partial charge in [0.05, 0.1) is 12.8 Å². The molecule has 0 N–H and O–H groups in total. The third-order valence-electron chi connectivity index (χ3n) is 2.12. The monoisotopic (exact) mass is 233 g/mol. The van der Waals surface area contributed by atoms with E-state index in [4.69, 9.17) is 9.47 Å². The average molecular weight is 233 g/mol. The van der Waals surface area contributed by atoms with E-state index >= 15 is 0 Å². The second kappa shape index (κ2) is 5.96. The van der Waals surface area contributed by atoms with Crippen molar-refractivity contribution in [3.05, 3.63) is 60.2 Å².